The summed E-state index contributed by atoms with van der Waals surface area (Å²) in [6, 6.07) is 16.4. The molecule has 1 fully saturated rings. The molecule has 1 aliphatic carbocycles. The van der Waals surface area contributed by atoms with Crippen LogP contribution in [0.15, 0.2) is 53.4 Å². The molecule has 1 aliphatic rings. The van der Waals surface area contributed by atoms with E-state index in [0.29, 0.717) is 12.3 Å². The molecule has 5 heteroatoms. The number of hydrogen-bond donors (Lipinski definition) is 1. The first-order valence-corrected chi connectivity index (χ1v) is 14.1. The van der Waals surface area contributed by atoms with Crippen LogP contribution in [0.1, 0.15) is 77.7 Å². The van der Waals surface area contributed by atoms with Crippen molar-refractivity contribution in [2.75, 3.05) is 25.5 Å². The smallest absolute Gasteiger partial charge is 0.321 e. The minimum atomic E-state index is -0.0490. The third-order valence-electron chi connectivity index (χ3n) is 6.67. The molecule has 3 rings (SSSR count). The largest absolute Gasteiger partial charge is 0.495 e. The standard InChI is InChI=1S/C30H44N2O2S/c1-30(2,3)35-26-19-17-25(18-20-26)21-23-32(22-11-10-14-24-12-6-5-7-13-24)29(33)31-27-15-8-9-16-28(27)34-4/h8-9,15-20,24H,5-7,10-14,21-23H2,1-4H3,(H,31,33). The Morgan fingerprint density at radius 2 is 1.71 bits per heavy atom. The fourth-order valence-corrected chi connectivity index (χ4v) is 5.79. The number of anilines is 1. The van der Waals surface area contributed by atoms with Gasteiger partial charge in [-0.05, 0) is 48.6 Å². The van der Waals surface area contributed by atoms with Gasteiger partial charge in [0.25, 0.3) is 0 Å². The minimum Gasteiger partial charge on any atom is -0.495 e. The molecule has 0 saturated heterocycles. The van der Waals surface area contributed by atoms with Crippen molar-refractivity contribution in [3.63, 3.8) is 0 Å². The lowest BCUT2D eigenvalue weighted by Gasteiger charge is -2.25. The van der Waals surface area contributed by atoms with Crippen molar-refractivity contribution in [3.05, 3.63) is 54.1 Å². The number of rotatable bonds is 11. The van der Waals surface area contributed by atoms with E-state index in [1.165, 1.54) is 55.4 Å². The molecule has 0 aromatic heterocycles. The molecule has 0 aliphatic heterocycles. The Balaban J connectivity index is 1.58. The SMILES string of the molecule is COc1ccccc1NC(=O)N(CCCCC1CCCCC1)CCc1ccc(SC(C)(C)C)cc1. The number of ether oxygens (including phenoxy) is 1. The van der Waals surface area contributed by atoms with Gasteiger partial charge in [0, 0.05) is 22.7 Å². The van der Waals surface area contributed by atoms with Gasteiger partial charge in [0.1, 0.15) is 5.75 Å². The molecule has 35 heavy (non-hydrogen) atoms. The van der Waals surface area contributed by atoms with E-state index >= 15 is 0 Å². The molecule has 1 N–H and O–H groups in total. The zero-order valence-corrected chi connectivity index (χ0v) is 23.0. The third-order valence-corrected chi connectivity index (χ3v) is 7.79. The van der Waals surface area contributed by atoms with Crippen molar-refractivity contribution in [2.24, 2.45) is 5.92 Å². The molecule has 0 atom stereocenters. The molecule has 0 radical (unpaired) electrons. The second kappa shape index (κ2) is 13.8. The number of methoxy groups -OCH3 is 1. The van der Waals surface area contributed by atoms with Crippen LogP contribution in [0.5, 0.6) is 5.75 Å². The molecule has 0 spiro atoms. The van der Waals surface area contributed by atoms with E-state index < -0.39 is 0 Å². The predicted molar refractivity (Wildman–Crippen MR) is 150 cm³/mol. The average Bonchev–Trinajstić information content (AvgIpc) is 2.84. The fourth-order valence-electron chi connectivity index (χ4n) is 4.81. The van der Waals surface area contributed by atoms with Gasteiger partial charge in [-0.15, -0.1) is 11.8 Å². The van der Waals surface area contributed by atoms with Crippen molar-refractivity contribution in [1.82, 2.24) is 4.90 Å². The van der Waals surface area contributed by atoms with E-state index in [2.05, 4.69) is 50.4 Å². The van der Waals surface area contributed by atoms with Crippen LogP contribution in [0.25, 0.3) is 0 Å². The number of thioether (sulfide) groups is 1. The molecule has 2 aromatic rings. The number of para-hydroxylation sites is 2. The number of benzene rings is 2. The van der Waals surface area contributed by atoms with Gasteiger partial charge in [0.15, 0.2) is 0 Å². The molecule has 4 nitrogen and oxygen atoms in total. The Morgan fingerprint density at radius 1 is 1.00 bits per heavy atom. The summed E-state index contributed by atoms with van der Waals surface area (Å²) >= 11 is 1.88. The normalized spacial score (nSPS) is 14.5. The first-order chi connectivity index (χ1) is 16.8. The van der Waals surface area contributed by atoms with Gasteiger partial charge in [0.2, 0.25) is 0 Å². The van der Waals surface area contributed by atoms with Crippen LogP contribution in [0.4, 0.5) is 10.5 Å². The summed E-state index contributed by atoms with van der Waals surface area (Å²) in [4.78, 5) is 16.5. The van der Waals surface area contributed by atoms with Gasteiger partial charge in [-0.25, -0.2) is 4.79 Å². The minimum absolute atomic E-state index is 0.0490. The number of nitrogens with one attached hydrogen (secondary N) is 1. The Kier molecular flexibility index (Phi) is 10.8. The maximum atomic E-state index is 13.3. The molecule has 2 amide bonds. The average molecular weight is 497 g/mol. The van der Waals surface area contributed by atoms with Crippen molar-refractivity contribution in [1.29, 1.82) is 0 Å². The highest BCUT2D eigenvalue weighted by Gasteiger charge is 2.17. The molecule has 192 valence electrons. The van der Waals surface area contributed by atoms with Gasteiger partial charge in [-0.3, -0.25) is 0 Å². The maximum Gasteiger partial charge on any atom is 0.321 e. The molecule has 0 heterocycles. The summed E-state index contributed by atoms with van der Waals surface area (Å²) in [6.45, 7) is 8.19. The van der Waals surface area contributed by atoms with Gasteiger partial charge in [0.05, 0.1) is 12.8 Å². The van der Waals surface area contributed by atoms with Crippen molar-refractivity contribution in [3.8, 4) is 5.75 Å². The van der Waals surface area contributed by atoms with Crippen LogP contribution in [0.2, 0.25) is 0 Å². The lowest BCUT2D eigenvalue weighted by Crippen LogP contribution is -2.37. The molecule has 0 unspecified atom stereocenters. The second-order valence-corrected chi connectivity index (χ2v) is 12.6. The Hall–Kier alpha value is -2.14. The van der Waals surface area contributed by atoms with Crippen LogP contribution in [0, 0.1) is 5.92 Å². The van der Waals surface area contributed by atoms with E-state index in [4.69, 9.17) is 4.74 Å². The third kappa shape index (κ3) is 9.79. The topological polar surface area (TPSA) is 41.6 Å². The first-order valence-electron chi connectivity index (χ1n) is 13.3. The summed E-state index contributed by atoms with van der Waals surface area (Å²) in [5.41, 5.74) is 1.98. The van der Waals surface area contributed by atoms with E-state index in [-0.39, 0.29) is 10.8 Å². The number of urea groups is 1. The van der Waals surface area contributed by atoms with Crippen LogP contribution in [-0.2, 0) is 6.42 Å². The van der Waals surface area contributed by atoms with Crippen molar-refractivity contribution < 1.29 is 9.53 Å². The van der Waals surface area contributed by atoms with E-state index in [1.807, 2.05) is 40.9 Å². The number of nitrogens with zero attached hydrogens (tertiary/aromatic N) is 1. The quantitative estimate of drug-likeness (QED) is 0.251. The van der Waals surface area contributed by atoms with Crippen LogP contribution >= 0.6 is 11.8 Å². The highest BCUT2D eigenvalue weighted by Crippen LogP contribution is 2.32. The highest BCUT2D eigenvalue weighted by atomic mass is 32.2. The highest BCUT2D eigenvalue weighted by molar-refractivity contribution is 8.00. The predicted octanol–water partition coefficient (Wildman–Crippen LogP) is 8.41. The van der Waals surface area contributed by atoms with E-state index in [9.17, 15) is 4.79 Å². The summed E-state index contributed by atoms with van der Waals surface area (Å²) in [6.07, 6.45) is 11.4. The van der Waals surface area contributed by atoms with E-state index in [1.54, 1.807) is 7.11 Å². The number of amides is 2. The first kappa shape index (κ1) is 27.4. The number of carbonyl (C=O) groups is 1. The Morgan fingerprint density at radius 3 is 2.40 bits per heavy atom. The number of carbonyl (C=O) groups excluding carboxylic acids is 1. The molecule has 2 aromatic carbocycles. The maximum absolute atomic E-state index is 13.3. The van der Waals surface area contributed by atoms with Gasteiger partial charge >= 0.3 is 6.03 Å². The summed E-state index contributed by atoms with van der Waals surface area (Å²) in [5.74, 6) is 1.58. The summed E-state index contributed by atoms with van der Waals surface area (Å²) < 4.78 is 5.63. The number of hydrogen-bond acceptors (Lipinski definition) is 3. The zero-order valence-electron chi connectivity index (χ0n) is 22.1. The van der Waals surface area contributed by atoms with Crippen LogP contribution in [-0.4, -0.2) is 35.9 Å². The summed E-state index contributed by atoms with van der Waals surface area (Å²) in [5, 5.41) is 3.08. The van der Waals surface area contributed by atoms with Gasteiger partial charge in [-0.2, -0.15) is 0 Å². The lowest BCUT2D eigenvalue weighted by atomic mass is 9.86. The van der Waals surface area contributed by atoms with Crippen molar-refractivity contribution in [2.45, 2.75) is 88.2 Å². The molecular weight excluding hydrogens is 452 g/mol. The molecular formula is C30H44N2O2S. The Labute approximate surface area is 217 Å². The summed E-state index contributed by atoms with van der Waals surface area (Å²) in [7, 11) is 1.63. The monoisotopic (exact) mass is 496 g/mol. The van der Waals surface area contributed by atoms with Crippen LogP contribution in [0.3, 0.4) is 0 Å². The fraction of sp³-hybridized carbons (Fsp3) is 0.567. The lowest BCUT2D eigenvalue weighted by molar-refractivity contribution is 0.210. The molecule has 1 saturated carbocycles. The van der Waals surface area contributed by atoms with Gasteiger partial charge < -0.3 is 15.0 Å². The number of unbranched alkanes of at least 4 members (excludes halogenated alkanes) is 1. The van der Waals surface area contributed by atoms with E-state index in [0.717, 1.165) is 31.0 Å². The Bertz CT molecular complexity index is 901. The molecule has 0 bridgehead atoms. The van der Waals surface area contributed by atoms with Gasteiger partial charge in [-0.1, -0.05) is 90.0 Å². The van der Waals surface area contributed by atoms with Crippen LogP contribution < -0.4 is 10.1 Å². The van der Waals surface area contributed by atoms with Crippen molar-refractivity contribution >= 4 is 23.5 Å². The second-order valence-electron chi connectivity index (χ2n) is 10.7. The zero-order chi connectivity index (χ0) is 25.1.